The minimum Gasteiger partial charge on any atom is -0.476 e. The number of imidazole rings is 1. The Labute approximate surface area is 149 Å². The molecule has 10 nitrogen and oxygen atoms in total. The van der Waals surface area contributed by atoms with Crippen LogP contribution in [0.4, 0.5) is 17.2 Å². The van der Waals surface area contributed by atoms with Gasteiger partial charge in [0.15, 0.2) is 17.2 Å². The van der Waals surface area contributed by atoms with Crippen LogP contribution in [0.5, 0.6) is 0 Å². The molecule has 0 saturated heterocycles. The van der Waals surface area contributed by atoms with E-state index >= 15 is 0 Å². The molecule has 136 valence electrons. The van der Waals surface area contributed by atoms with Crippen LogP contribution >= 0.6 is 0 Å². The van der Waals surface area contributed by atoms with E-state index in [1.54, 1.807) is 23.8 Å². The standard InChI is InChI=1S/C16H20N8O2/c1-17-11-5-13(21-12-8-20-23(2)14(12)16(25)26)22-24-10(7-19-15(11)24)6-18-9-3-4-9/h5,7-9,17-18H,3-4,6H2,1-2H3,(H,21,22)(H,25,26). The molecule has 3 aromatic heterocycles. The zero-order valence-electron chi connectivity index (χ0n) is 14.5. The van der Waals surface area contributed by atoms with Gasteiger partial charge in [0, 0.05) is 32.7 Å². The zero-order valence-corrected chi connectivity index (χ0v) is 14.5. The average Bonchev–Trinajstić information content (AvgIpc) is 3.25. The van der Waals surface area contributed by atoms with E-state index < -0.39 is 5.97 Å². The molecule has 0 radical (unpaired) electrons. The van der Waals surface area contributed by atoms with Gasteiger partial charge in [-0.25, -0.2) is 14.3 Å². The van der Waals surface area contributed by atoms with E-state index in [4.69, 9.17) is 0 Å². The Hall–Kier alpha value is -3.14. The van der Waals surface area contributed by atoms with Gasteiger partial charge in [-0.05, 0) is 12.8 Å². The van der Waals surface area contributed by atoms with Crippen molar-refractivity contribution in [3.05, 3.63) is 29.8 Å². The number of aromatic carboxylic acids is 1. The topological polar surface area (TPSA) is 121 Å². The third-order valence-corrected chi connectivity index (χ3v) is 4.36. The number of carboxylic acid groups (broad SMARTS) is 1. The second-order valence-corrected chi connectivity index (χ2v) is 6.29. The summed E-state index contributed by atoms with van der Waals surface area (Å²) in [5.74, 6) is -0.553. The lowest BCUT2D eigenvalue weighted by molar-refractivity contribution is 0.0686. The summed E-state index contributed by atoms with van der Waals surface area (Å²) in [5.41, 5.74) is 2.90. The van der Waals surface area contributed by atoms with Gasteiger partial charge in [-0.15, -0.1) is 5.10 Å². The molecule has 1 aliphatic carbocycles. The Kier molecular flexibility index (Phi) is 3.96. The minimum absolute atomic E-state index is 0.0687. The van der Waals surface area contributed by atoms with E-state index in [2.05, 4.69) is 31.1 Å². The maximum Gasteiger partial charge on any atom is 0.356 e. The van der Waals surface area contributed by atoms with Gasteiger partial charge >= 0.3 is 5.97 Å². The van der Waals surface area contributed by atoms with Crippen molar-refractivity contribution < 1.29 is 9.90 Å². The largest absolute Gasteiger partial charge is 0.476 e. The number of anilines is 3. The normalized spacial score (nSPS) is 13.9. The first-order valence-electron chi connectivity index (χ1n) is 8.38. The summed E-state index contributed by atoms with van der Waals surface area (Å²) in [6.07, 6.45) is 5.68. The van der Waals surface area contributed by atoms with Crippen LogP contribution in [-0.4, -0.2) is 48.5 Å². The number of aromatic nitrogens is 5. The van der Waals surface area contributed by atoms with Crippen molar-refractivity contribution >= 4 is 28.8 Å². The van der Waals surface area contributed by atoms with Crippen molar-refractivity contribution in [2.24, 2.45) is 7.05 Å². The third-order valence-electron chi connectivity index (χ3n) is 4.36. The summed E-state index contributed by atoms with van der Waals surface area (Å²) in [7, 11) is 3.39. The van der Waals surface area contributed by atoms with Gasteiger partial charge in [-0.1, -0.05) is 0 Å². The number of fused-ring (bicyclic) bond motifs is 1. The number of nitrogens with zero attached hydrogens (tertiary/aromatic N) is 5. The Balaban J connectivity index is 1.70. The molecule has 10 heteroatoms. The van der Waals surface area contributed by atoms with Gasteiger partial charge in [-0.3, -0.25) is 4.68 Å². The van der Waals surface area contributed by atoms with Crippen molar-refractivity contribution in [1.29, 1.82) is 0 Å². The lowest BCUT2D eigenvalue weighted by atomic mass is 10.3. The molecule has 3 aromatic rings. The summed E-state index contributed by atoms with van der Waals surface area (Å²) in [4.78, 5) is 15.9. The molecule has 0 bridgehead atoms. The van der Waals surface area contributed by atoms with Crippen LogP contribution in [-0.2, 0) is 13.6 Å². The molecule has 1 aliphatic rings. The maximum absolute atomic E-state index is 11.4. The van der Waals surface area contributed by atoms with Gasteiger partial charge in [0.05, 0.1) is 29.5 Å². The highest BCUT2D eigenvalue weighted by atomic mass is 16.4. The van der Waals surface area contributed by atoms with Crippen molar-refractivity contribution in [3.63, 3.8) is 0 Å². The second-order valence-electron chi connectivity index (χ2n) is 6.29. The van der Waals surface area contributed by atoms with Crippen LogP contribution in [0.2, 0.25) is 0 Å². The molecule has 0 spiro atoms. The number of hydrogen-bond acceptors (Lipinski definition) is 7. The zero-order chi connectivity index (χ0) is 18.3. The average molecular weight is 356 g/mol. The van der Waals surface area contributed by atoms with Gasteiger partial charge in [0.1, 0.15) is 0 Å². The molecule has 0 aliphatic heterocycles. The molecular formula is C16H20N8O2. The number of aryl methyl sites for hydroxylation is 1. The lowest BCUT2D eigenvalue weighted by Crippen LogP contribution is -2.17. The van der Waals surface area contributed by atoms with Crippen LogP contribution in [0.15, 0.2) is 18.5 Å². The quantitative estimate of drug-likeness (QED) is 0.498. The first-order chi connectivity index (χ1) is 12.6. The smallest absolute Gasteiger partial charge is 0.356 e. The summed E-state index contributed by atoms with van der Waals surface area (Å²) >= 11 is 0. The predicted molar refractivity (Wildman–Crippen MR) is 95.8 cm³/mol. The van der Waals surface area contributed by atoms with Gasteiger partial charge in [0.2, 0.25) is 0 Å². The van der Waals surface area contributed by atoms with Crippen LogP contribution in [0.25, 0.3) is 5.65 Å². The van der Waals surface area contributed by atoms with E-state index in [0.29, 0.717) is 24.1 Å². The molecule has 1 fully saturated rings. The fraction of sp³-hybridized carbons (Fsp3) is 0.375. The van der Waals surface area contributed by atoms with Crippen LogP contribution < -0.4 is 16.0 Å². The minimum atomic E-state index is -1.06. The Morgan fingerprint density at radius 3 is 2.85 bits per heavy atom. The SMILES string of the molecule is CNc1cc(Nc2cnn(C)c2C(=O)O)nn2c(CNC3CC3)cnc12. The number of rotatable bonds is 7. The first-order valence-corrected chi connectivity index (χ1v) is 8.38. The highest BCUT2D eigenvalue weighted by Crippen LogP contribution is 2.25. The lowest BCUT2D eigenvalue weighted by Gasteiger charge is -2.10. The highest BCUT2D eigenvalue weighted by Gasteiger charge is 2.21. The molecule has 0 aromatic carbocycles. The first kappa shape index (κ1) is 16.3. The van der Waals surface area contributed by atoms with Crippen LogP contribution in [0, 0.1) is 0 Å². The molecule has 4 N–H and O–H groups in total. The second kappa shape index (κ2) is 6.30. The molecule has 26 heavy (non-hydrogen) atoms. The summed E-state index contributed by atoms with van der Waals surface area (Å²) in [5, 5.41) is 27.6. The fourth-order valence-corrected chi connectivity index (χ4v) is 2.84. The van der Waals surface area contributed by atoms with Crippen molar-refractivity contribution in [1.82, 2.24) is 29.7 Å². The van der Waals surface area contributed by atoms with Crippen molar-refractivity contribution in [2.45, 2.75) is 25.4 Å². The number of nitrogens with one attached hydrogen (secondary N) is 3. The van der Waals surface area contributed by atoms with Crippen LogP contribution in [0.3, 0.4) is 0 Å². The molecule has 3 heterocycles. The third kappa shape index (κ3) is 2.94. The predicted octanol–water partition coefficient (Wildman–Crippen LogP) is 1.20. The van der Waals surface area contributed by atoms with Crippen molar-refractivity contribution in [3.8, 4) is 0 Å². The van der Waals surface area contributed by atoms with Crippen LogP contribution in [0.1, 0.15) is 29.0 Å². The molecule has 0 unspecified atom stereocenters. The molecular weight excluding hydrogens is 336 g/mol. The Morgan fingerprint density at radius 1 is 1.35 bits per heavy atom. The van der Waals surface area contributed by atoms with E-state index in [0.717, 1.165) is 17.0 Å². The van der Waals surface area contributed by atoms with E-state index in [1.165, 1.54) is 23.7 Å². The number of hydrogen-bond donors (Lipinski definition) is 4. The monoisotopic (exact) mass is 356 g/mol. The van der Waals surface area contributed by atoms with E-state index in [-0.39, 0.29) is 5.69 Å². The highest BCUT2D eigenvalue weighted by molar-refractivity contribution is 5.93. The summed E-state index contributed by atoms with van der Waals surface area (Å²) < 4.78 is 3.07. The summed E-state index contributed by atoms with van der Waals surface area (Å²) in [6, 6.07) is 2.37. The van der Waals surface area contributed by atoms with Crippen molar-refractivity contribution in [2.75, 3.05) is 17.7 Å². The molecule has 0 atom stereocenters. The van der Waals surface area contributed by atoms with E-state index in [1.807, 2.05) is 7.05 Å². The molecule has 0 amide bonds. The fourth-order valence-electron chi connectivity index (χ4n) is 2.84. The van der Waals surface area contributed by atoms with E-state index in [9.17, 15) is 9.90 Å². The van der Waals surface area contributed by atoms with Gasteiger partial charge < -0.3 is 21.1 Å². The van der Waals surface area contributed by atoms with Gasteiger partial charge in [0.25, 0.3) is 0 Å². The Morgan fingerprint density at radius 2 is 2.15 bits per heavy atom. The van der Waals surface area contributed by atoms with Gasteiger partial charge in [-0.2, -0.15) is 5.10 Å². The number of carbonyl (C=O) groups is 1. The Bertz CT molecular complexity index is 972. The summed E-state index contributed by atoms with van der Waals surface area (Å²) in [6.45, 7) is 0.679. The molecule has 4 rings (SSSR count). The molecule has 1 saturated carbocycles. The number of carboxylic acids is 1. The maximum atomic E-state index is 11.4.